The van der Waals surface area contributed by atoms with Gasteiger partial charge in [0.15, 0.2) is 0 Å². The number of pyridine rings is 1. The van der Waals surface area contributed by atoms with Crippen molar-refractivity contribution in [3.05, 3.63) is 69.5 Å². The Morgan fingerprint density at radius 3 is 2.88 bits per heavy atom. The molecular formula is C15H11N5O3S. The van der Waals surface area contributed by atoms with Crippen molar-refractivity contribution in [2.24, 2.45) is 5.16 Å². The minimum absolute atomic E-state index is 0.0676. The van der Waals surface area contributed by atoms with E-state index >= 15 is 0 Å². The number of nitro groups is 1. The number of hydrogen-bond acceptors (Lipinski definition) is 8. The van der Waals surface area contributed by atoms with Crippen LogP contribution in [0.25, 0.3) is 10.6 Å². The summed E-state index contributed by atoms with van der Waals surface area (Å²) < 4.78 is 0. The van der Waals surface area contributed by atoms with E-state index in [1.807, 2.05) is 6.07 Å². The second kappa shape index (κ2) is 6.92. The highest BCUT2D eigenvalue weighted by Crippen LogP contribution is 2.24. The van der Waals surface area contributed by atoms with Crippen LogP contribution in [0.5, 0.6) is 0 Å². The predicted octanol–water partition coefficient (Wildman–Crippen LogP) is 2.93. The van der Waals surface area contributed by atoms with E-state index in [0.717, 1.165) is 5.56 Å². The molecule has 24 heavy (non-hydrogen) atoms. The van der Waals surface area contributed by atoms with Gasteiger partial charge in [0, 0.05) is 42.1 Å². The van der Waals surface area contributed by atoms with Crippen LogP contribution < -0.4 is 0 Å². The molecule has 3 aromatic rings. The Morgan fingerprint density at radius 2 is 2.17 bits per heavy atom. The van der Waals surface area contributed by atoms with Gasteiger partial charge < -0.3 is 5.21 Å². The average molecular weight is 341 g/mol. The fraction of sp³-hybridized carbons (Fsp3) is 0.0667. The Labute approximate surface area is 140 Å². The number of nitro benzene ring substituents is 1. The number of benzene rings is 1. The first-order valence-corrected chi connectivity index (χ1v) is 7.67. The van der Waals surface area contributed by atoms with Gasteiger partial charge in [0.1, 0.15) is 10.0 Å². The summed E-state index contributed by atoms with van der Waals surface area (Å²) >= 11 is 1.35. The van der Waals surface area contributed by atoms with Gasteiger partial charge in [-0.2, -0.15) is 0 Å². The Morgan fingerprint density at radius 1 is 1.29 bits per heavy atom. The third-order valence-corrected chi connectivity index (χ3v) is 4.18. The molecule has 0 radical (unpaired) electrons. The smallest absolute Gasteiger partial charge is 0.270 e. The normalized spacial score (nSPS) is 11.4. The molecule has 0 saturated heterocycles. The number of hydrogen-bond donors (Lipinski definition) is 1. The van der Waals surface area contributed by atoms with Crippen molar-refractivity contribution in [3.63, 3.8) is 0 Å². The molecule has 0 spiro atoms. The molecular weight excluding hydrogens is 330 g/mol. The van der Waals surface area contributed by atoms with Gasteiger partial charge in [-0.3, -0.25) is 15.1 Å². The third-order valence-electron chi connectivity index (χ3n) is 3.20. The summed E-state index contributed by atoms with van der Waals surface area (Å²) in [6.07, 6.45) is 3.58. The first kappa shape index (κ1) is 15.7. The van der Waals surface area contributed by atoms with Crippen LogP contribution in [-0.4, -0.2) is 31.0 Å². The second-order valence-electron chi connectivity index (χ2n) is 4.77. The van der Waals surface area contributed by atoms with Crippen LogP contribution in [-0.2, 0) is 6.42 Å². The maximum atomic E-state index is 10.9. The highest BCUT2D eigenvalue weighted by molar-refractivity contribution is 7.14. The molecule has 120 valence electrons. The lowest BCUT2D eigenvalue weighted by atomic mass is 10.1. The summed E-state index contributed by atoms with van der Waals surface area (Å²) in [5.74, 6) is 0. The molecule has 2 heterocycles. The van der Waals surface area contributed by atoms with Crippen LogP contribution in [0.3, 0.4) is 0 Å². The Hall–Kier alpha value is -3.20. The van der Waals surface area contributed by atoms with Crippen LogP contribution in [0.1, 0.15) is 10.6 Å². The minimum atomic E-state index is -0.496. The van der Waals surface area contributed by atoms with Gasteiger partial charge in [0.05, 0.1) is 10.6 Å². The summed E-state index contributed by atoms with van der Waals surface area (Å²) in [5.41, 5.74) is 1.53. The summed E-state index contributed by atoms with van der Waals surface area (Å²) in [6.45, 7) is 0. The van der Waals surface area contributed by atoms with E-state index < -0.39 is 4.92 Å². The Balaban J connectivity index is 1.83. The number of non-ortho nitro benzene ring substituents is 1. The van der Waals surface area contributed by atoms with Crippen molar-refractivity contribution in [3.8, 4) is 10.6 Å². The predicted molar refractivity (Wildman–Crippen MR) is 88.3 cm³/mol. The molecule has 0 aliphatic rings. The van der Waals surface area contributed by atoms with Crippen molar-refractivity contribution in [2.45, 2.75) is 6.42 Å². The van der Waals surface area contributed by atoms with E-state index in [-0.39, 0.29) is 17.8 Å². The lowest BCUT2D eigenvalue weighted by molar-refractivity contribution is -0.384. The molecule has 0 saturated carbocycles. The average Bonchev–Trinajstić information content (AvgIpc) is 3.09. The maximum absolute atomic E-state index is 10.9. The first-order valence-electron chi connectivity index (χ1n) is 6.86. The van der Waals surface area contributed by atoms with Crippen molar-refractivity contribution < 1.29 is 10.1 Å². The van der Waals surface area contributed by atoms with Crippen molar-refractivity contribution in [1.29, 1.82) is 0 Å². The van der Waals surface area contributed by atoms with Gasteiger partial charge in [0.2, 0.25) is 0 Å². The number of rotatable bonds is 5. The van der Waals surface area contributed by atoms with Crippen LogP contribution in [0.15, 0.2) is 53.9 Å². The van der Waals surface area contributed by atoms with E-state index in [9.17, 15) is 15.3 Å². The lowest BCUT2D eigenvalue weighted by Crippen LogP contribution is -2.06. The van der Waals surface area contributed by atoms with Crippen LogP contribution in [0, 0.1) is 10.1 Å². The topological polar surface area (TPSA) is 114 Å². The molecule has 2 aromatic heterocycles. The molecule has 0 amide bonds. The minimum Gasteiger partial charge on any atom is -0.411 e. The largest absolute Gasteiger partial charge is 0.411 e. The molecule has 3 rings (SSSR count). The van der Waals surface area contributed by atoms with E-state index in [1.54, 1.807) is 30.6 Å². The van der Waals surface area contributed by atoms with Gasteiger partial charge in [-0.1, -0.05) is 28.6 Å². The maximum Gasteiger partial charge on any atom is 0.270 e. The standard InChI is InChI=1S/C15H11N5O3S/c21-19-13(10-3-1-5-12(7-10)20(22)23)8-14-17-18-15(24-14)11-4-2-6-16-9-11/h1-7,9,21H,8H2/b19-13-. The number of oxime groups is 1. The monoisotopic (exact) mass is 341 g/mol. The van der Waals surface area contributed by atoms with Crippen LogP contribution in [0.2, 0.25) is 0 Å². The van der Waals surface area contributed by atoms with Crippen molar-refractivity contribution >= 4 is 22.7 Å². The van der Waals surface area contributed by atoms with Crippen LogP contribution >= 0.6 is 11.3 Å². The molecule has 0 bridgehead atoms. The van der Waals surface area contributed by atoms with Crippen LogP contribution in [0.4, 0.5) is 5.69 Å². The van der Waals surface area contributed by atoms with Gasteiger partial charge in [-0.25, -0.2) is 0 Å². The highest BCUT2D eigenvalue weighted by atomic mass is 32.1. The summed E-state index contributed by atoms with van der Waals surface area (Å²) in [7, 11) is 0. The fourth-order valence-electron chi connectivity index (χ4n) is 2.07. The second-order valence-corrected chi connectivity index (χ2v) is 5.84. The Kier molecular flexibility index (Phi) is 4.52. The zero-order valence-electron chi connectivity index (χ0n) is 12.2. The molecule has 0 fully saturated rings. The van der Waals surface area contributed by atoms with Gasteiger partial charge in [-0.15, -0.1) is 10.2 Å². The lowest BCUT2D eigenvalue weighted by Gasteiger charge is -2.02. The number of aromatic nitrogens is 3. The quantitative estimate of drug-likeness (QED) is 0.330. The Bertz CT molecular complexity index is 895. The molecule has 0 aliphatic heterocycles. The van der Waals surface area contributed by atoms with Gasteiger partial charge in [0.25, 0.3) is 5.69 Å². The molecule has 8 nitrogen and oxygen atoms in total. The van der Waals surface area contributed by atoms with E-state index in [2.05, 4.69) is 20.3 Å². The molecule has 1 N–H and O–H groups in total. The molecule has 1 aromatic carbocycles. The van der Waals surface area contributed by atoms with E-state index in [0.29, 0.717) is 15.6 Å². The zero-order valence-corrected chi connectivity index (χ0v) is 13.1. The SMILES string of the molecule is O=[N+]([O-])c1cccc(/C(Cc2nnc(-c3cccnc3)s2)=N\O)c1. The molecule has 0 aliphatic carbocycles. The van der Waals surface area contributed by atoms with Crippen molar-refractivity contribution in [2.75, 3.05) is 0 Å². The van der Waals surface area contributed by atoms with Gasteiger partial charge >= 0.3 is 0 Å². The first-order chi connectivity index (χ1) is 11.7. The molecule has 0 atom stereocenters. The van der Waals surface area contributed by atoms with Gasteiger partial charge in [-0.05, 0) is 12.1 Å². The van der Waals surface area contributed by atoms with Crippen molar-refractivity contribution in [1.82, 2.24) is 15.2 Å². The molecule has 9 heteroatoms. The van der Waals surface area contributed by atoms with E-state index in [1.165, 1.54) is 23.5 Å². The zero-order chi connectivity index (χ0) is 16.9. The highest BCUT2D eigenvalue weighted by Gasteiger charge is 2.14. The molecule has 0 unspecified atom stereocenters. The number of nitrogens with zero attached hydrogens (tertiary/aromatic N) is 5. The fourth-order valence-corrected chi connectivity index (χ4v) is 2.90. The summed E-state index contributed by atoms with van der Waals surface area (Å²) in [5, 5.41) is 32.9. The summed E-state index contributed by atoms with van der Waals surface area (Å²) in [6, 6.07) is 9.60. The van der Waals surface area contributed by atoms with E-state index in [4.69, 9.17) is 0 Å². The third kappa shape index (κ3) is 3.41. The summed E-state index contributed by atoms with van der Waals surface area (Å²) in [4.78, 5) is 14.4.